The Morgan fingerprint density at radius 2 is 1.86 bits per heavy atom. The number of hydrogen-bond acceptors (Lipinski definition) is 4. The number of esters is 1. The molecule has 0 saturated carbocycles. The molecule has 0 spiro atoms. The molecular formula is C9H14O5. The van der Waals surface area contributed by atoms with Gasteiger partial charge in [0.15, 0.2) is 0 Å². The maximum Gasteiger partial charge on any atom is 0.328 e. The van der Waals surface area contributed by atoms with Crippen LogP contribution in [0.1, 0.15) is 20.8 Å². The number of carbonyl (C=O) groups is 2. The Hall–Kier alpha value is -1.10. The Morgan fingerprint density at radius 1 is 1.36 bits per heavy atom. The van der Waals surface area contributed by atoms with Crippen molar-refractivity contribution in [3.05, 3.63) is 0 Å². The van der Waals surface area contributed by atoms with Crippen LogP contribution in [0.25, 0.3) is 0 Å². The molecule has 0 aromatic rings. The number of aliphatic carboxylic acids is 1. The van der Waals surface area contributed by atoms with Crippen LogP contribution in [0.15, 0.2) is 0 Å². The van der Waals surface area contributed by atoms with Crippen molar-refractivity contribution in [2.45, 2.75) is 26.4 Å². The molecule has 1 rings (SSSR count). The van der Waals surface area contributed by atoms with Gasteiger partial charge in [-0.2, -0.15) is 0 Å². The van der Waals surface area contributed by atoms with Crippen molar-refractivity contribution in [3.8, 4) is 0 Å². The van der Waals surface area contributed by atoms with Crippen molar-refractivity contribution in [1.82, 2.24) is 0 Å². The Labute approximate surface area is 82.0 Å². The number of rotatable bonds is 2. The van der Waals surface area contributed by atoms with E-state index in [0.29, 0.717) is 0 Å². The zero-order valence-electron chi connectivity index (χ0n) is 8.49. The summed E-state index contributed by atoms with van der Waals surface area (Å²) in [6.45, 7) is 4.88. The molecule has 0 radical (unpaired) electrons. The summed E-state index contributed by atoms with van der Waals surface area (Å²) in [4.78, 5) is 22.4. The Bertz CT molecular complexity index is 259. The first kappa shape index (κ1) is 11.0. The van der Waals surface area contributed by atoms with Gasteiger partial charge >= 0.3 is 11.9 Å². The first-order valence-electron chi connectivity index (χ1n) is 4.32. The standard InChI is InChI=1S/C9H14O5/c1-8(2,3)14-7(12)9(6(10)11)4-13-5-9/h4-5H2,1-3H3,(H,10,11). The van der Waals surface area contributed by atoms with Gasteiger partial charge in [-0.3, -0.25) is 9.59 Å². The van der Waals surface area contributed by atoms with Gasteiger partial charge < -0.3 is 14.6 Å². The fourth-order valence-electron chi connectivity index (χ4n) is 1.01. The van der Waals surface area contributed by atoms with E-state index in [-0.39, 0.29) is 13.2 Å². The summed E-state index contributed by atoms with van der Waals surface area (Å²) in [5.74, 6) is -1.90. The second kappa shape index (κ2) is 3.24. The number of ether oxygens (including phenoxy) is 2. The highest BCUT2D eigenvalue weighted by Gasteiger charge is 2.55. The van der Waals surface area contributed by atoms with E-state index < -0.39 is 23.0 Å². The van der Waals surface area contributed by atoms with Crippen LogP contribution in [-0.4, -0.2) is 35.9 Å². The molecule has 0 bridgehead atoms. The lowest BCUT2D eigenvalue weighted by Crippen LogP contribution is -2.56. The third kappa shape index (κ3) is 1.87. The molecule has 0 amide bonds. The van der Waals surface area contributed by atoms with E-state index in [1.165, 1.54) is 0 Å². The van der Waals surface area contributed by atoms with Gasteiger partial charge in [-0.15, -0.1) is 0 Å². The van der Waals surface area contributed by atoms with E-state index in [0.717, 1.165) is 0 Å². The lowest BCUT2D eigenvalue weighted by atomic mass is 9.86. The van der Waals surface area contributed by atoms with E-state index in [2.05, 4.69) is 0 Å². The zero-order valence-corrected chi connectivity index (χ0v) is 8.49. The SMILES string of the molecule is CC(C)(C)OC(=O)C1(C(=O)O)COC1. The quantitative estimate of drug-likeness (QED) is 0.519. The summed E-state index contributed by atoms with van der Waals surface area (Å²) in [7, 11) is 0. The van der Waals surface area contributed by atoms with E-state index >= 15 is 0 Å². The normalized spacial score (nSPS) is 19.6. The van der Waals surface area contributed by atoms with Crippen LogP contribution in [0.5, 0.6) is 0 Å². The fourth-order valence-corrected chi connectivity index (χ4v) is 1.01. The number of carbonyl (C=O) groups excluding carboxylic acids is 1. The summed E-state index contributed by atoms with van der Waals surface area (Å²) < 4.78 is 9.76. The number of carboxylic acid groups (broad SMARTS) is 1. The number of carboxylic acids is 1. The predicted molar refractivity (Wildman–Crippen MR) is 46.7 cm³/mol. The lowest BCUT2D eigenvalue weighted by molar-refractivity contribution is -0.206. The first-order chi connectivity index (χ1) is 6.28. The zero-order chi connectivity index (χ0) is 11.0. The molecule has 1 fully saturated rings. The monoisotopic (exact) mass is 202 g/mol. The lowest BCUT2D eigenvalue weighted by Gasteiger charge is -2.36. The summed E-state index contributed by atoms with van der Waals surface area (Å²) in [6, 6.07) is 0. The Kier molecular flexibility index (Phi) is 2.54. The van der Waals surface area contributed by atoms with Crippen LogP contribution in [0.3, 0.4) is 0 Å². The summed E-state index contributed by atoms with van der Waals surface area (Å²) in [5.41, 5.74) is -2.15. The van der Waals surface area contributed by atoms with Crippen molar-refractivity contribution in [3.63, 3.8) is 0 Å². The minimum atomic E-state index is -1.48. The summed E-state index contributed by atoms with van der Waals surface area (Å²) >= 11 is 0. The molecule has 1 aliphatic heterocycles. The third-order valence-corrected chi connectivity index (χ3v) is 1.90. The van der Waals surface area contributed by atoms with Crippen molar-refractivity contribution < 1.29 is 24.2 Å². The molecule has 14 heavy (non-hydrogen) atoms. The fraction of sp³-hybridized carbons (Fsp3) is 0.778. The second-order valence-corrected chi connectivity index (χ2v) is 4.38. The van der Waals surface area contributed by atoms with Gasteiger partial charge in [0, 0.05) is 0 Å². The molecular weight excluding hydrogens is 188 g/mol. The first-order valence-corrected chi connectivity index (χ1v) is 4.32. The number of hydrogen-bond donors (Lipinski definition) is 1. The van der Waals surface area contributed by atoms with Crippen LogP contribution in [0.2, 0.25) is 0 Å². The van der Waals surface area contributed by atoms with Gasteiger partial charge in [0.25, 0.3) is 0 Å². The average Bonchev–Trinajstić information content (AvgIpc) is 1.76. The van der Waals surface area contributed by atoms with Gasteiger partial charge in [0.1, 0.15) is 5.60 Å². The van der Waals surface area contributed by atoms with Crippen molar-refractivity contribution in [2.75, 3.05) is 13.2 Å². The molecule has 80 valence electrons. The third-order valence-electron chi connectivity index (χ3n) is 1.90. The van der Waals surface area contributed by atoms with Crippen LogP contribution in [-0.2, 0) is 19.1 Å². The van der Waals surface area contributed by atoms with Gasteiger partial charge in [-0.25, -0.2) is 0 Å². The molecule has 0 atom stereocenters. The maximum absolute atomic E-state index is 11.5. The van der Waals surface area contributed by atoms with Gasteiger partial charge in [0.2, 0.25) is 5.41 Å². The van der Waals surface area contributed by atoms with E-state index in [1.54, 1.807) is 20.8 Å². The van der Waals surface area contributed by atoms with E-state index in [4.69, 9.17) is 14.6 Å². The Morgan fingerprint density at radius 3 is 2.07 bits per heavy atom. The van der Waals surface area contributed by atoms with Crippen LogP contribution >= 0.6 is 0 Å². The van der Waals surface area contributed by atoms with Gasteiger partial charge in [0.05, 0.1) is 13.2 Å². The highest BCUT2D eigenvalue weighted by Crippen LogP contribution is 2.31. The minimum Gasteiger partial charge on any atom is -0.480 e. The van der Waals surface area contributed by atoms with Crippen LogP contribution in [0.4, 0.5) is 0 Å². The second-order valence-electron chi connectivity index (χ2n) is 4.38. The molecule has 0 aliphatic carbocycles. The molecule has 0 aromatic carbocycles. The van der Waals surface area contributed by atoms with Crippen LogP contribution in [0, 0.1) is 5.41 Å². The minimum absolute atomic E-state index is 0.1000. The largest absolute Gasteiger partial charge is 0.480 e. The molecule has 1 aliphatic rings. The topological polar surface area (TPSA) is 72.8 Å². The molecule has 5 nitrogen and oxygen atoms in total. The smallest absolute Gasteiger partial charge is 0.328 e. The van der Waals surface area contributed by atoms with E-state index in [1.807, 2.05) is 0 Å². The molecule has 1 saturated heterocycles. The summed E-state index contributed by atoms with van der Waals surface area (Å²) in [6.07, 6.45) is 0. The van der Waals surface area contributed by atoms with Crippen molar-refractivity contribution in [2.24, 2.45) is 5.41 Å². The highest BCUT2D eigenvalue weighted by atomic mass is 16.6. The summed E-state index contributed by atoms with van der Waals surface area (Å²) in [5, 5.41) is 8.87. The van der Waals surface area contributed by atoms with Crippen LogP contribution < -0.4 is 0 Å². The van der Waals surface area contributed by atoms with Crippen molar-refractivity contribution in [1.29, 1.82) is 0 Å². The molecule has 5 heteroatoms. The van der Waals surface area contributed by atoms with Crippen molar-refractivity contribution >= 4 is 11.9 Å². The van der Waals surface area contributed by atoms with Gasteiger partial charge in [-0.05, 0) is 20.8 Å². The maximum atomic E-state index is 11.5. The average molecular weight is 202 g/mol. The highest BCUT2D eigenvalue weighted by molar-refractivity contribution is 6.00. The molecule has 0 unspecified atom stereocenters. The molecule has 1 N–H and O–H groups in total. The predicted octanol–water partition coefficient (Wildman–Crippen LogP) is 0.429. The Balaban J connectivity index is 2.72. The van der Waals surface area contributed by atoms with Gasteiger partial charge in [-0.1, -0.05) is 0 Å². The van der Waals surface area contributed by atoms with E-state index in [9.17, 15) is 9.59 Å². The molecule has 0 aromatic heterocycles. The molecule has 1 heterocycles.